The van der Waals surface area contributed by atoms with Crippen LogP contribution < -0.4 is 11.5 Å². The molecular formula is C14H21N3. The van der Waals surface area contributed by atoms with E-state index in [9.17, 15) is 0 Å². The molecule has 2 bridgehead atoms. The summed E-state index contributed by atoms with van der Waals surface area (Å²) in [6.07, 6.45) is 10.1. The molecule has 3 nitrogen and oxygen atoms in total. The highest BCUT2D eigenvalue weighted by Gasteiger charge is 2.41. The minimum absolute atomic E-state index is 0.261. The van der Waals surface area contributed by atoms with Gasteiger partial charge in [-0.05, 0) is 55.1 Å². The second kappa shape index (κ2) is 4.30. The number of nitrogens with zero attached hydrogens (tertiary/aromatic N) is 1. The lowest BCUT2D eigenvalue weighted by molar-refractivity contribution is 0.280. The third-order valence-electron chi connectivity index (χ3n) is 4.74. The van der Waals surface area contributed by atoms with Crippen LogP contribution in [-0.4, -0.2) is 11.0 Å². The maximum absolute atomic E-state index is 6.38. The molecule has 2 saturated carbocycles. The van der Waals surface area contributed by atoms with Crippen molar-refractivity contribution in [1.29, 1.82) is 0 Å². The molecular weight excluding hydrogens is 210 g/mol. The van der Waals surface area contributed by atoms with E-state index in [1.807, 2.05) is 12.3 Å². The molecule has 1 aromatic rings. The summed E-state index contributed by atoms with van der Waals surface area (Å²) < 4.78 is 0. The molecule has 0 amide bonds. The molecule has 1 heterocycles. The van der Waals surface area contributed by atoms with E-state index in [1.54, 1.807) is 6.20 Å². The summed E-state index contributed by atoms with van der Waals surface area (Å²) in [5, 5.41) is 0. The fourth-order valence-corrected chi connectivity index (χ4v) is 3.83. The lowest BCUT2D eigenvalue weighted by Crippen LogP contribution is -2.35. The Kier molecular flexibility index (Phi) is 2.79. The number of nitrogen functional groups attached to an aromatic ring is 1. The Morgan fingerprint density at radius 3 is 2.88 bits per heavy atom. The summed E-state index contributed by atoms with van der Waals surface area (Å²) in [4.78, 5) is 4.14. The number of rotatable bonds is 3. The molecule has 17 heavy (non-hydrogen) atoms. The van der Waals surface area contributed by atoms with Crippen LogP contribution >= 0.6 is 0 Å². The Labute approximate surface area is 103 Å². The van der Waals surface area contributed by atoms with Gasteiger partial charge >= 0.3 is 0 Å². The molecule has 4 atom stereocenters. The molecule has 4 N–H and O–H groups in total. The van der Waals surface area contributed by atoms with Crippen molar-refractivity contribution >= 4 is 5.69 Å². The highest BCUT2D eigenvalue weighted by Crippen LogP contribution is 2.49. The van der Waals surface area contributed by atoms with Crippen molar-refractivity contribution in [1.82, 2.24) is 4.98 Å². The highest BCUT2D eigenvalue weighted by atomic mass is 14.7. The van der Waals surface area contributed by atoms with Gasteiger partial charge < -0.3 is 11.5 Å². The molecule has 0 aromatic carbocycles. The van der Waals surface area contributed by atoms with E-state index in [2.05, 4.69) is 4.98 Å². The fraction of sp³-hybridized carbons (Fsp3) is 0.643. The van der Waals surface area contributed by atoms with Gasteiger partial charge in [0.2, 0.25) is 0 Å². The average Bonchev–Trinajstić information content (AvgIpc) is 2.94. The van der Waals surface area contributed by atoms with Gasteiger partial charge in [0.1, 0.15) is 0 Å². The van der Waals surface area contributed by atoms with Gasteiger partial charge in [0, 0.05) is 24.1 Å². The smallest absolute Gasteiger partial charge is 0.0378 e. The molecule has 0 saturated heterocycles. The van der Waals surface area contributed by atoms with E-state index in [1.165, 1.54) is 25.7 Å². The zero-order valence-electron chi connectivity index (χ0n) is 10.2. The Balaban J connectivity index is 1.68. The van der Waals surface area contributed by atoms with E-state index >= 15 is 0 Å². The maximum Gasteiger partial charge on any atom is 0.0378 e. The third-order valence-corrected chi connectivity index (χ3v) is 4.74. The summed E-state index contributed by atoms with van der Waals surface area (Å²) >= 11 is 0. The lowest BCUT2D eigenvalue weighted by atomic mass is 9.81. The van der Waals surface area contributed by atoms with Crippen LogP contribution in [0, 0.1) is 17.8 Å². The quantitative estimate of drug-likeness (QED) is 0.836. The van der Waals surface area contributed by atoms with Crippen molar-refractivity contribution in [2.45, 2.75) is 38.1 Å². The Morgan fingerprint density at radius 2 is 2.24 bits per heavy atom. The van der Waals surface area contributed by atoms with Crippen molar-refractivity contribution in [3.8, 4) is 0 Å². The zero-order chi connectivity index (χ0) is 11.8. The number of anilines is 1. The number of hydrogen-bond acceptors (Lipinski definition) is 3. The molecule has 0 aliphatic heterocycles. The molecule has 3 rings (SSSR count). The van der Waals surface area contributed by atoms with E-state index < -0.39 is 0 Å². The lowest BCUT2D eigenvalue weighted by Gasteiger charge is -2.28. The minimum Gasteiger partial charge on any atom is -0.398 e. The van der Waals surface area contributed by atoms with Crippen molar-refractivity contribution in [2.75, 3.05) is 5.73 Å². The summed E-state index contributed by atoms with van der Waals surface area (Å²) in [6, 6.07) is 2.12. The van der Waals surface area contributed by atoms with Crippen LogP contribution in [0.4, 0.5) is 5.69 Å². The van der Waals surface area contributed by atoms with Crippen LogP contribution in [0.25, 0.3) is 0 Å². The summed E-state index contributed by atoms with van der Waals surface area (Å²) in [6.45, 7) is 0. The third kappa shape index (κ3) is 2.04. The minimum atomic E-state index is 0.261. The molecule has 1 aromatic heterocycles. The number of pyridine rings is 1. The summed E-state index contributed by atoms with van der Waals surface area (Å²) in [7, 11) is 0. The van der Waals surface area contributed by atoms with Crippen molar-refractivity contribution in [3.05, 3.63) is 24.0 Å². The molecule has 2 aliphatic rings. The number of hydrogen-bond donors (Lipinski definition) is 2. The Morgan fingerprint density at radius 1 is 1.35 bits per heavy atom. The highest BCUT2D eigenvalue weighted by molar-refractivity contribution is 5.44. The second-order valence-electron chi connectivity index (χ2n) is 5.78. The zero-order valence-corrected chi connectivity index (χ0v) is 10.2. The van der Waals surface area contributed by atoms with Gasteiger partial charge in [-0.25, -0.2) is 0 Å². The number of fused-ring (bicyclic) bond motifs is 2. The first-order valence-electron chi connectivity index (χ1n) is 6.68. The summed E-state index contributed by atoms with van der Waals surface area (Å²) in [5.41, 5.74) is 14.3. The van der Waals surface area contributed by atoms with Gasteiger partial charge in [0.25, 0.3) is 0 Å². The molecule has 3 heteroatoms. The normalized spacial score (nSPS) is 32.9. The second-order valence-corrected chi connectivity index (χ2v) is 5.78. The van der Waals surface area contributed by atoms with Crippen molar-refractivity contribution < 1.29 is 0 Å². The van der Waals surface area contributed by atoms with Crippen LogP contribution in [0.5, 0.6) is 0 Å². The molecule has 0 spiro atoms. The predicted octanol–water partition coefficient (Wildman–Crippen LogP) is 1.97. The fourth-order valence-electron chi connectivity index (χ4n) is 3.83. The molecule has 0 radical (unpaired) electrons. The Hall–Kier alpha value is -1.09. The van der Waals surface area contributed by atoms with E-state index in [-0.39, 0.29) is 6.04 Å². The summed E-state index contributed by atoms with van der Waals surface area (Å²) in [5.74, 6) is 2.56. The van der Waals surface area contributed by atoms with Crippen LogP contribution in [0.3, 0.4) is 0 Å². The van der Waals surface area contributed by atoms with Crippen molar-refractivity contribution in [3.63, 3.8) is 0 Å². The molecule has 92 valence electrons. The van der Waals surface area contributed by atoms with Gasteiger partial charge in [-0.2, -0.15) is 0 Å². The first-order chi connectivity index (χ1) is 8.24. The van der Waals surface area contributed by atoms with Gasteiger partial charge in [0.15, 0.2) is 0 Å². The van der Waals surface area contributed by atoms with Crippen molar-refractivity contribution in [2.24, 2.45) is 23.5 Å². The average molecular weight is 231 g/mol. The van der Waals surface area contributed by atoms with E-state index in [0.29, 0.717) is 5.92 Å². The van der Waals surface area contributed by atoms with Crippen LogP contribution in [0.2, 0.25) is 0 Å². The predicted molar refractivity (Wildman–Crippen MR) is 69.3 cm³/mol. The van der Waals surface area contributed by atoms with Gasteiger partial charge in [-0.1, -0.05) is 6.42 Å². The number of nitrogens with two attached hydrogens (primary N) is 2. The number of aromatic nitrogens is 1. The monoisotopic (exact) mass is 231 g/mol. The van der Waals surface area contributed by atoms with Crippen LogP contribution in [-0.2, 0) is 6.42 Å². The van der Waals surface area contributed by atoms with Gasteiger partial charge in [-0.15, -0.1) is 0 Å². The SMILES string of the molecule is Nc1ccncc1CC(N)C1CC2CCC1C2. The Bertz CT molecular complexity index is 404. The van der Waals surface area contributed by atoms with Gasteiger partial charge in [0.05, 0.1) is 0 Å². The van der Waals surface area contributed by atoms with Gasteiger partial charge in [-0.3, -0.25) is 4.98 Å². The molecule has 2 aliphatic carbocycles. The topological polar surface area (TPSA) is 64.9 Å². The van der Waals surface area contributed by atoms with E-state index in [4.69, 9.17) is 11.5 Å². The molecule has 2 fully saturated rings. The largest absolute Gasteiger partial charge is 0.398 e. The standard InChI is InChI=1S/C14H21N3/c15-13-3-4-17-8-11(13)7-14(16)12-6-9-1-2-10(12)5-9/h3-4,8-10,12,14H,1-2,5-7,16H2,(H2,15,17). The van der Waals surface area contributed by atoms with Crippen LogP contribution in [0.15, 0.2) is 18.5 Å². The molecule has 4 unspecified atom stereocenters. The van der Waals surface area contributed by atoms with Crippen LogP contribution in [0.1, 0.15) is 31.2 Å². The first kappa shape index (κ1) is 11.0. The van der Waals surface area contributed by atoms with E-state index in [0.717, 1.165) is 29.5 Å². The maximum atomic E-state index is 6.38. The first-order valence-corrected chi connectivity index (χ1v) is 6.68.